The lowest BCUT2D eigenvalue weighted by molar-refractivity contribution is 0.0689. The van der Waals surface area contributed by atoms with E-state index in [4.69, 9.17) is 10.2 Å². The summed E-state index contributed by atoms with van der Waals surface area (Å²) in [5.74, 6) is -0.120. The second-order valence-electron chi connectivity index (χ2n) is 3.17. The van der Waals surface area contributed by atoms with Crippen molar-refractivity contribution in [1.29, 1.82) is 0 Å². The van der Waals surface area contributed by atoms with Crippen molar-refractivity contribution in [2.75, 3.05) is 26.3 Å². The summed E-state index contributed by atoms with van der Waals surface area (Å²) in [6, 6.07) is 1.88. The Kier molecular flexibility index (Phi) is 4.74. The fourth-order valence-electron chi connectivity index (χ4n) is 1.29. The molecule has 0 bridgehead atoms. The first-order valence-corrected chi connectivity index (χ1v) is 5.63. The van der Waals surface area contributed by atoms with Gasteiger partial charge in [0.05, 0.1) is 18.1 Å². The number of aliphatic hydroxyl groups is 2. The Bertz CT molecular complexity index is 318. The molecule has 1 heterocycles. The van der Waals surface area contributed by atoms with E-state index in [2.05, 4.69) is 0 Å². The van der Waals surface area contributed by atoms with Crippen molar-refractivity contribution < 1.29 is 15.0 Å². The van der Waals surface area contributed by atoms with Gasteiger partial charge >= 0.3 is 0 Å². The van der Waals surface area contributed by atoms with Crippen LogP contribution in [0.15, 0.2) is 11.4 Å². The van der Waals surface area contributed by atoms with Gasteiger partial charge in [-0.2, -0.15) is 0 Å². The highest BCUT2D eigenvalue weighted by molar-refractivity contribution is 7.12. The van der Waals surface area contributed by atoms with Crippen molar-refractivity contribution >= 4 is 17.2 Å². The second-order valence-corrected chi connectivity index (χ2v) is 4.09. The van der Waals surface area contributed by atoms with Crippen molar-refractivity contribution in [1.82, 2.24) is 4.90 Å². The molecule has 1 amide bonds. The number of thiophene rings is 1. The standard InChI is InChI=1S/C10H15NO3S/c1-8-2-7-15-9(8)10(14)11(3-5-12)4-6-13/h2,7,12-13H,3-6H2,1H3. The lowest BCUT2D eigenvalue weighted by atomic mass is 10.2. The van der Waals surface area contributed by atoms with Gasteiger partial charge in [0.15, 0.2) is 0 Å². The number of rotatable bonds is 5. The van der Waals surface area contributed by atoms with Crippen LogP contribution in [0.1, 0.15) is 15.2 Å². The highest BCUT2D eigenvalue weighted by Gasteiger charge is 2.17. The molecular weight excluding hydrogens is 214 g/mol. The first kappa shape index (κ1) is 12.2. The summed E-state index contributed by atoms with van der Waals surface area (Å²) in [6.45, 7) is 2.22. The van der Waals surface area contributed by atoms with Gasteiger partial charge in [-0.15, -0.1) is 11.3 Å². The monoisotopic (exact) mass is 229 g/mol. The molecule has 0 saturated carbocycles. The lowest BCUT2D eigenvalue weighted by Crippen LogP contribution is -2.35. The molecule has 0 unspecified atom stereocenters. The van der Waals surface area contributed by atoms with Crippen LogP contribution in [0.25, 0.3) is 0 Å². The molecule has 15 heavy (non-hydrogen) atoms. The molecule has 0 radical (unpaired) electrons. The molecule has 1 aromatic heterocycles. The number of hydrogen-bond donors (Lipinski definition) is 2. The number of carbonyl (C=O) groups is 1. The van der Waals surface area contributed by atoms with Crippen LogP contribution in [0, 0.1) is 6.92 Å². The van der Waals surface area contributed by atoms with Gasteiger partial charge in [0.1, 0.15) is 0 Å². The Hall–Kier alpha value is -0.910. The Morgan fingerprint density at radius 2 is 2.00 bits per heavy atom. The van der Waals surface area contributed by atoms with Crippen LogP contribution in [0.4, 0.5) is 0 Å². The Labute approximate surface area is 92.8 Å². The summed E-state index contributed by atoms with van der Waals surface area (Å²) >= 11 is 1.38. The van der Waals surface area contributed by atoms with Crippen LogP contribution >= 0.6 is 11.3 Å². The van der Waals surface area contributed by atoms with E-state index in [1.54, 1.807) is 0 Å². The molecular formula is C10H15NO3S. The molecule has 0 spiro atoms. The maximum Gasteiger partial charge on any atom is 0.264 e. The van der Waals surface area contributed by atoms with Crippen molar-refractivity contribution in [3.63, 3.8) is 0 Å². The number of hydrogen-bond acceptors (Lipinski definition) is 4. The Morgan fingerprint density at radius 3 is 2.40 bits per heavy atom. The average Bonchev–Trinajstić information content (AvgIpc) is 2.63. The van der Waals surface area contributed by atoms with Gasteiger partial charge in [0, 0.05) is 13.1 Å². The highest BCUT2D eigenvalue weighted by atomic mass is 32.1. The van der Waals surface area contributed by atoms with Crippen LogP contribution in [0.3, 0.4) is 0 Å². The molecule has 0 aromatic carbocycles. The lowest BCUT2D eigenvalue weighted by Gasteiger charge is -2.20. The van der Waals surface area contributed by atoms with Gasteiger partial charge in [-0.3, -0.25) is 4.79 Å². The number of carbonyl (C=O) groups excluding carboxylic acids is 1. The number of amides is 1. The minimum atomic E-state index is -0.120. The van der Waals surface area contributed by atoms with Crippen molar-refractivity contribution in [3.05, 3.63) is 21.9 Å². The topological polar surface area (TPSA) is 60.8 Å². The maximum absolute atomic E-state index is 11.9. The van der Waals surface area contributed by atoms with E-state index < -0.39 is 0 Å². The van der Waals surface area contributed by atoms with Gasteiger partial charge in [0.2, 0.25) is 0 Å². The molecule has 0 aliphatic carbocycles. The summed E-state index contributed by atoms with van der Waals surface area (Å²) < 4.78 is 0. The van der Waals surface area contributed by atoms with Gasteiger partial charge < -0.3 is 15.1 Å². The number of nitrogens with zero attached hydrogens (tertiary/aromatic N) is 1. The van der Waals surface area contributed by atoms with E-state index in [0.717, 1.165) is 5.56 Å². The summed E-state index contributed by atoms with van der Waals surface area (Å²) in [6.07, 6.45) is 0. The number of aliphatic hydroxyl groups excluding tert-OH is 2. The molecule has 84 valence electrons. The Morgan fingerprint density at radius 1 is 1.40 bits per heavy atom. The third-order valence-corrected chi connectivity index (χ3v) is 3.09. The quantitative estimate of drug-likeness (QED) is 0.772. The highest BCUT2D eigenvalue weighted by Crippen LogP contribution is 2.17. The van der Waals surface area contributed by atoms with Gasteiger partial charge in [0.25, 0.3) is 5.91 Å². The third-order valence-electron chi connectivity index (χ3n) is 2.08. The van der Waals surface area contributed by atoms with Gasteiger partial charge in [-0.1, -0.05) is 0 Å². The van der Waals surface area contributed by atoms with E-state index in [9.17, 15) is 4.79 Å². The van der Waals surface area contributed by atoms with Crippen LogP contribution in [-0.4, -0.2) is 47.3 Å². The first-order chi connectivity index (χ1) is 7.20. The van der Waals surface area contributed by atoms with Crippen molar-refractivity contribution in [3.8, 4) is 0 Å². The fourth-order valence-corrected chi connectivity index (χ4v) is 2.18. The first-order valence-electron chi connectivity index (χ1n) is 4.75. The van der Waals surface area contributed by atoms with E-state index in [0.29, 0.717) is 4.88 Å². The zero-order valence-electron chi connectivity index (χ0n) is 8.64. The van der Waals surface area contributed by atoms with Crippen molar-refractivity contribution in [2.24, 2.45) is 0 Å². The molecule has 1 rings (SSSR count). The van der Waals surface area contributed by atoms with E-state index in [1.165, 1.54) is 16.2 Å². The zero-order chi connectivity index (χ0) is 11.3. The van der Waals surface area contributed by atoms with E-state index >= 15 is 0 Å². The average molecular weight is 229 g/mol. The maximum atomic E-state index is 11.9. The van der Waals surface area contributed by atoms with Crippen LogP contribution in [0.5, 0.6) is 0 Å². The largest absolute Gasteiger partial charge is 0.395 e. The number of aryl methyl sites for hydroxylation is 1. The Balaban J connectivity index is 2.76. The third kappa shape index (κ3) is 3.02. The molecule has 2 N–H and O–H groups in total. The molecule has 4 nitrogen and oxygen atoms in total. The molecule has 1 aromatic rings. The van der Waals surface area contributed by atoms with Gasteiger partial charge in [-0.25, -0.2) is 0 Å². The predicted molar refractivity (Wildman–Crippen MR) is 59.1 cm³/mol. The summed E-state index contributed by atoms with van der Waals surface area (Å²) in [5, 5.41) is 19.5. The fraction of sp³-hybridized carbons (Fsp3) is 0.500. The smallest absolute Gasteiger partial charge is 0.264 e. The van der Waals surface area contributed by atoms with Crippen LogP contribution < -0.4 is 0 Å². The van der Waals surface area contributed by atoms with E-state index in [1.807, 2.05) is 18.4 Å². The second kappa shape index (κ2) is 5.85. The van der Waals surface area contributed by atoms with Crippen molar-refractivity contribution in [2.45, 2.75) is 6.92 Å². The summed E-state index contributed by atoms with van der Waals surface area (Å²) in [7, 11) is 0. The summed E-state index contributed by atoms with van der Waals surface area (Å²) in [5.41, 5.74) is 0.936. The molecule has 0 aliphatic heterocycles. The van der Waals surface area contributed by atoms with Crippen LogP contribution in [0.2, 0.25) is 0 Å². The molecule has 0 fully saturated rings. The van der Waals surface area contributed by atoms with E-state index in [-0.39, 0.29) is 32.2 Å². The zero-order valence-corrected chi connectivity index (χ0v) is 9.46. The molecule has 0 aliphatic rings. The van der Waals surface area contributed by atoms with Crippen LogP contribution in [-0.2, 0) is 0 Å². The van der Waals surface area contributed by atoms with Gasteiger partial charge in [-0.05, 0) is 23.9 Å². The minimum absolute atomic E-state index is 0.0871. The summed E-state index contributed by atoms with van der Waals surface area (Å²) in [4.78, 5) is 14.1. The molecule has 0 saturated heterocycles. The predicted octanol–water partition coefficient (Wildman–Crippen LogP) is 0.483. The SMILES string of the molecule is Cc1ccsc1C(=O)N(CCO)CCO. The molecule has 0 atom stereocenters. The normalized spacial score (nSPS) is 10.3. The molecule has 5 heteroatoms. The minimum Gasteiger partial charge on any atom is -0.395 e.